The SMILES string of the molecule is CCOc1c(N)cccc1C(=O)NCCc1nccs1. The number of ether oxygens (including phenoxy) is 1. The summed E-state index contributed by atoms with van der Waals surface area (Å²) < 4.78 is 5.45. The van der Waals surface area contributed by atoms with Crippen molar-refractivity contribution in [3.8, 4) is 5.75 Å². The maximum absolute atomic E-state index is 12.2. The van der Waals surface area contributed by atoms with Crippen LogP contribution in [0.1, 0.15) is 22.3 Å². The van der Waals surface area contributed by atoms with Gasteiger partial charge in [0.05, 0.1) is 22.9 Å². The fourth-order valence-corrected chi connectivity index (χ4v) is 2.41. The number of para-hydroxylation sites is 1. The first-order chi connectivity index (χ1) is 9.72. The number of hydrogen-bond donors (Lipinski definition) is 2. The van der Waals surface area contributed by atoms with Crippen LogP contribution in [0.2, 0.25) is 0 Å². The maximum atomic E-state index is 12.2. The lowest BCUT2D eigenvalue weighted by Gasteiger charge is -2.12. The van der Waals surface area contributed by atoms with Crippen LogP contribution in [0.3, 0.4) is 0 Å². The molecule has 3 N–H and O–H groups in total. The molecular formula is C14H17N3O2S. The van der Waals surface area contributed by atoms with Gasteiger partial charge in [0.1, 0.15) is 0 Å². The highest BCUT2D eigenvalue weighted by Gasteiger charge is 2.14. The number of aromatic nitrogens is 1. The summed E-state index contributed by atoms with van der Waals surface area (Å²) in [7, 11) is 0. The molecule has 0 atom stereocenters. The van der Waals surface area contributed by atoms with Crippen LogP contribution in [0, 0.1) is 0 Å². The summed E-state index contributed by atoms with van der Waals surface area (Å²) >= 11 is 1.58. The van der Waals surface area contributed by atoms with Gasteiger partial charge in [-0.1, -0.05) is 6.07 Å². The Labute approximate surface area is 121 Å². The zero-order chi connectivity index (χ0) is 14.4. The second kappa shape index (κ2) is 6.91. The smallest absolute Gasteiger partial charge is 0.255 e. The minimum absolute atomic E-state index is 0.183. The van der Waals surface area contributed by atoms with Crippen LogP contribution in [0.25, 0.3) is 0 Å². The van der Waals surface area contributed by atoms with Crippen LogP contribution in [0.4, 0.5) is 5.69 Å². The third-order valence-corrected chi connectivity index (χ3v) is 3.53. The number of nitrogens with two attached hydrogens (primary N) is 1. The highest BCUT2D eigenvalue weighted by atomic mass is 32.1. The van der Waals surface area contributed by atoms with Crippen LogP contribution >= 0.6 is 11.3 Å². The maximum Gasteiger partial charge on any atom is 0.255 e. The molecule has 0 unspecified atom stereocenters. The topological polar surface area (TPSA) is 77.2 Å². The first-order valence-corrected chi connectivity index (χ1v) is 7.28. The molecular weight excluding hydrogens is 274 g/mol. The van der Waals surface area contributed by atoms with Crippen molar-refractivity contribution >= 4 is 22.9 Å². The summed E-state index contributed by atoms with van der Waals surface area (Å²) in [5.41, 5.74) is 6.77. The third kappa shape index (κ3) is 3.48. The zero-order valence-corrected chi connectivity index (χ0v) is 12.1. The normalized spacial score (nSPS) is 10.2. The van der Waals surface area contributed by atoms with E-state index >= 15 is 0 Å². The predicted octanol–water partition coefficient (Wildman–Crippen LogP) is 2.10. The van der Waals surface area contributed by atoms with Crippen LogP contribution in [0.15, 0.2) is 29.8 Å². The van der Waals surface area contributed by atoms with E-state index < -0.39 is 0 Å². The van der Waals surface area contributed by atoms with Gasteiger partial charge in [-0.25, -0.2) is 4.98 Å². The van der Waals surface area contributed by atoms with Crippen LogP contribution in [0.5, 0.6) is 5.75 Å². The van der Waals surface area contributed by atoms with Crippen LogP contribution in [-0.4, -0.2) is 24.0 Å². The van der Waals surface area contributed by atoms with E-state index in [9.17, 15) is 4.79 Å². The molecule has 0 saturated carbocycles. The number of carbonyl (C=O) groups is 1. The Bertz CT molecular complexity index is 570. The van der Waals surface area contributed by atoms with E-state index in [1.165, 1.54) is 0 Å². The summed E-state index contributed by atoms with van der Waals surface area (Å²) in [4.78, 5) is 16.3. The Morgan fingerprint density at radius 1 is 1.50 bits per heavy atom. The second-order valence-corrected chi connectivity index (χ2v) is 5.07. The van der Waals surface area contributed by atoms with Crippen molar-refractivity contribution in [2.75, 3.05) is 18.9 Å². The highest BCUT2D eigenvalue weighted by molar-refractivity contribution is 7.09. The number of anilines is 1. The van der Waals surface area contributed by atoms with Crippen molar-refractivity contribution in [3.05, 3.63) is 40.3 Å². The molecule has 0 spiro atoms. The molecule has 0 saturated heterocycles. The number of benzene rings is 1. The molecule has 2 aromatic rings. The summed E-state index contributed by atoms with van der Waals surface area (Å²) in [5, 5.41) is 5.78. The molecule has 0 aliphatic heterocycles. The molecule has 6 heteroatoms. The molecule has 1 amide bonds. The van der Waals surface area contributed by atoms with Gasteiger partial charge in [-0.15, -0.1) is 11.3 Å². The van der Waals surface area contributed by atoms with Crippen molar-refractivity contribution < 1.29 is 9.53 Å². The second-order valence-electron chi connectivity index (χ2n) is 4.09. The average Bonchev–Trinajstić information content (AvgIpc) is 2.94. The number of amides is 1. The standard InChI is InChI=1S/C14H17N3O2S/c1-2-19-13-10(4-3-5-11(13)15)14(18)17-7-6-12-16-8-9-20-12/h3-5,8-9H,2,6-7,15H2,1H3,(H,17,18). The largest absolute Gasteiger partial charge is 0.491 e. The lowest BCUT2D eigenvalue weighted by atomic mass is 10.1. The first-order valence-electron chi connectivity index (χ1n) is 6.40. The van der Waals surface area contributed by atoms with Gasteiger partial charge in [-0.3, -0.25) is 4.79 Å². The first kappa shape index (κ1) is 14.3. The van der Waals surface area contributed by atoms with Gasteiger partial charge in [-0.2, -0.15) is 0 Å². The van der Waals surface area contributed by atoms with E-state index in [0.29, 0.717) is 30.2 Å². The average molecular weight is 291 g/mol. The molecule has 1 aromatic carbocycles. The van der Waals surface area contributed by atoms with Gasteiger partial charge in [0.2, 0.25) is 0 Å². The predicted molar refractivity (Wildman–Crippen MR) is 80.2 cm³/mol. The van der Waals surface area contributed by atoms with E-state index in [4.69, 9.17) is 10.5 Å². The summed E-state index contributed by atoms with van der Waals surface area (Å²) in [6.45, 7) is 2.86. The summed E-state index contributed by atoms with van der Waals surface area (Å²) in [6.07, 6.45) is 2.47. The molecule has 1 aromatic heterocycles. The molecule has 20 heavy (non-hydrogen) atoms. The monoisotopic (exact) mass is 291 g/mol. The number of carbonyl (C=O) groups excluding carboxylic acids is 1. The lowest BCUT2D eigenvalue weighted by molar-refractivity contribution is 0.0950. The lowest BCUT2D eigenvalue weighted by Crippen LogP contribution is -2.26. The number of nitrogens with one attached hydrogen (secondary N) is 1. The van der Waals surface area contributed by atoms with Crippen LogP contribution in [-0.2, 0) is 6.42 Å². The van der Waals surface area contributed by atoms with E-state index in [1.807, 2.05) is 12.3 Å². The Morgan fingerprint density at radius 3 is 3.05 bits per heavy atom. The Balaban J connectivity index is 1.99. The molecule has 5 nitrogen and oxygen atoms in total. The number of hydrogen-bond acceptors (Lipinski definition) is 5. The molecule has 0 aliphatic carbocycles. The fraction of sp³-hybridized carbons (Fsp3) is 0.286. The number of rotatable bonds is 6. The molecule has 2 rings (SSSR count). The summed E-state index contributed by atoms with van der Waals surface area (Å²) in [6, 6.07) is 5.17. The van der Waals surface area contributed by atoms with Gasteiger partial charge in [0.15, 0.2) is 5.75 Å². The number of nitrogen functional groups attached to an aromatic ring is 1. The minimum atomic E-state index is -0.183. The van der Waals surface area contributed by atoms with Gasteiger partial charge in [0.25, 0.3) is 5.91 Å². The molecule has 106 valence electrons. The van der Waals surface area contributed by atoms with Crippen LogP contribution < -0.4 is 15.8 Å². The van der Waals surface area contributed by atoms with Gasteiger partial charge in [-0.05, 0) is 19.1 Å². The van der Waals surface area contributed by atoms with E-state index in [1.54, 1.807) is 35.7 Å². The summed E-state index contributed by atoms with van der Waals surface area (Å²) in [5.74, 6) is 0.263. The Morgan fingerprint density at radius 2 is 2.35 bits per heavy atom. The Kier molecular flexibility index (Phi) is 4.95. The molecule has 0 fully saturated rings. The fourth-order valence-electron chi connectivity index (χ4n) is 1.79. The molecule has 1 heterocycles. The quantitative estimate of drug-likeness (QED) is 0.799. The zero-order valence-electron chi connectivity index (χ0n) is 11.3. The van der Waals surface area contributed by atoms with Gasteiger partial charge in [0, 0.05) is 24.5 Å². The van der Waals surface area contributed by atoms with Crippen molar-refractivity contribution in [1.82, 2.24) is 10.3 Å². The number of nitrogens with zero attached hydrogens (tertiary/aromatic N) is 1. The molecule has 0 bridgehead atoms. The molecule has 0 radical (unpaired) electrons. The van der Waals surface area contributed by atoms with Crippen molar-refractivity contribution in [1.29, 1.82) is 0 Å². The Hall–Kier alpha value is -2.08. The minimum Gasteiger partial charge on any atom is -0.491 e. The molecule has 0 aliphatic rings. The van der Waals surface area contributed by atoms with Crippen molar-refractivity contribution in [3.63, 3.8) is 0 Å². The third-order valence-electron chi connectivity index (χ3n) is 2.69. The van der Waals surface area contributed by atoms with E-state index in [-0.39, 0.29) is 5.91 Å². The van der Waals surface area contributed by atoms with Gasteiger partial charge < -0.3 is 15.8 Å². The van der Waals surface area contributed by atoms with E-state index in [2.05, 4.69) is 10.3 Å². The van der Waals surface area contributed by atoms with Crippen molar-refractivity contribution in [2.24, 2.45) is 0 Å². The van der Waals surface area contributed by atoms with E-state index in [0.717, 1.165) is 11.4 Å². The highest BCUT2D eigenvalue weighted by Crippen LogP contribution is 2.26. The number of thiazole rings is 1. The van der Waals surface area contributed by atoms with Gasteiger partial charge >= 0.3 is 0 Å². The van der Waals surface area contributed by atoms with Crippen molar-refractivity contribution in [2.45, 2.75) is 13.3 Å².